The molecule has 0 saturated carbocycles. The van der Waals surface area contributed by atoms with Crippen molar-refractivity contribution in [3.63, 3.8) is 0 Å². The molecule has 2 aromatic heterocycles. The van der Waals surface area contributed by atoms with Gasteiger partial charge in [0.05, 0.1) is 12.3 Å². The highest BCUT2D eigenvalue weighted by molar-refractivity contribution is 7.99. The van der Waals surface area contributed by atoms with Gasteiger partial charge in [-0.3, -0.25) is 18.7 Å². The Kier molecular flexibility index (Phi) is 5.97. The zero-order valence-electron chi connectivity index (χ0n) is 16.4. The number of ketones is 1. The van der Waals surface area contributed by atoms with Crippen LogP contribution >= 0.6 is 11.8 Å². The predicted octanol–water partition coefficient (Wildman–Crippen LogP) is 1.56. The minimum atomic E-state index is -0.697. The van der Waals surface area contributed by atoms with Crippen molar-refractivity contribution in [2.24, 2.45) is 7.05 Å². The second-order valence-electron chi connectivity index (χ2n) is 6.59. The normalized spacial score (nSPS) is 10.9. The third kappa shape index (κ3) is 4.45. The lowest BCUT2D eigenvalue weighted by Crippen LogP contribution is -2.43. The molecule has 0 amide bonds. The Balaban J connectivity index is 1.94. The Morgan fingerprint density at radius 2 is 1.83 bits per heavy atom. The van der Waals surface area contributed by atoms with Gasteiger partial charge in [-0.05, 0) is 25.5 Å². The number of carbonyl (C=O) groups is 1. The fourth-order valence-corrected chi connectivity index (χ4v) is 3.81. The van der Waals surface area contributed by atoms with Crippen molar-refractivity contribution < 1.29 is 4.79 Å². The van der Waals surface area contributed by atoms with E-state index in [0.29, 0.717) is 10.9 Å². The number of aromatic nitrogens is 4. The summed E-state index contributed by atoms with van der Waals surface area (Å²) in [7, 11) is 1.34. The van der Waals surface area contributed by atoms with Gasteiger partial charge in [0.15, 0.2) is 5.78 Å². The molecule has 3 aromatic rings. The number of anilines is 1. The highest BCUT2D eigenvalue weighted by Crippen LogP contribution is 2.19. The maximum atomic E-state index is 12.8. The molecule has 29 heavy (non-hydrogen) atoms. The molecule has 0 bridgehead atoms. The second-order valence-corrected chi connectivity index (χ2v) is 7.58. The number of carbonyl (C=O) groups excluding carboxylic acids is 1. The molecular weight excluding hydrogens is 390 g/mol. The fourth-order valence-electron chi connectivity index (χ4n) is 2.93. The number of nitrogen functional groups attached to an aromatic ring is 1. The van der Waals surface area contributed by atoms with Crippen LogP contribution in [0.4, 0.5) is 5.82 Å². The van der Waals surface area contributed by atoms with Gasteiger partial charge in [0.25, 0.3) is 5.56 Å². The van der Waals surface area contributed by atoms with E-state index in [4.69, 9.17) is 5.73 Å². The molecule has 0 aliphatic carbocycles. The van der Waals surface area contributed by atoms with E-state index in [2.05, 4.69) is 9.97 Å². The molecule has 0 aliphatic rings. The lowest BCUT2D eigenvalue weighted by Gasteiger charge is -2.14. The zero-order valence-corrected chi connectivity index (χ0v) is 17.2. The summed E-state index contributed by atoms with van der Waals surface area (Å²) < 4.78 is 2.16. The largest absolute Gasteiger partial charge is 0.384 e. The minimum Gasteiger partial charge on any atom is -0.384 e. The average molecular weight is 411 g/mol. The lowest BCUT2D eigenvalue weighted by molar-refractivity contribution is 0.102. The van der Waals surface area contributed by atoms with Crippen molar-refractivity contribution in [2.45, 2.75) is 25.4 Å². The first-order valence-electron chi connectivity index (χ1n) is 8.89. The topological polar surface area (TPSA) is 113 Å². The quantitative estimate of drug-likeness (QED) is 0.372. The number of thioether (sulfide) groups is 1. The summed E-state index contributed by atoms with van der Waals surface area (Å²) in [5.74, 6) is -0.00277. The first kappa shape index (κ1) is 20.5. The van der Waals surface area contributed by atoms with Gasteiger partial charge in [0, 0.05) is 12.7 Å². The van der Waals surface area contributed by atoms with Crippen molar-refractivity contribution in [3.05, 3.63) is 79.9 Å². The van der Waals surface area contributed by atoms with Gasteiger partial charge < -0.3 is 5.73 Å². The second kappa shape index (κ2) is 8.44. The highest BCUT2D eigenvalue weighted by atomic mass is 32.2. The van der Waals surface area contributed by atoms with E-state index in [-0.39, 0.29) is 23.7 Å². The summed E-state index contributed by atoms with van der Waals surface area (Å²) in [6, 6.07) is 11.0. The predicted molar refractivity (Wildman–Crippen MR) is 112 cm³/mol. The first-order valence-corrected chi connectivity index (χ1v) is 9.88. The van der Waals surface area contributed by atoms with Crippen LogP contribution in [-0.2, 0) is 13.6 Å². The Labute approximate surface area is 171 Å². The van der Waals surface area contributed by atoms with Crippen LogP contribution in [0.3, 0.4) is 0 Å². The summed E-state index contributed by atoms with van der Waals surface area (Å²) in [6.45, 7) is 3.78. The number of rotatable bonds is 6. The third-order valence-electron chi connectivity index (χ3n) is 4.34. The van der Waals surface area contributed by atoms with Gasteiger partial charge in [-0.15, -0.1) is 0 Å². The molecule has 0 atom stereocenters. The Morgan fingerprint density at radius 3 is 2.48 bits per heavy atom. The monoisotopic (exact) mass is 411 g/mol. The van der Waals surface area contributed by atoms with Gasteiger partial charge in [0.1, 0.15) is 22.2 Å². The Morgan fingerprint density at radius 1 is 1.14 bits per heavy atom. The lowest BCUT2D eigenvalue weighted by atomic mass is 10.2. The maximum Gasteiger partial charge on any atom is 0.332 e. The van der Waals surface area contributed by atoms with E-state index >= 15 is 0 Å². The molecule has 8 nitrogen and oxygen atoms in total. The van der Waals surface area contributed by atoms with Crippen LogP contribution < -0.4 is 17.0 Å². The van der Waals surface area contributed by atoms with E-state index < -0.39 is 17.0 Å². The van der Waals surface area contributed by atoms with E-state index in [0.717, 1.165) is 15.8 Å². The number of nitrogens with two attached hydrogens (primary N) is 1. The van der Waals surface area contributed by atoms with Crippen molar-refractivity contribution in [3.8, 4) is 0 Å². The molecular formula is C20H21N5O3S. The van der Waals surface area contributed by atoms with Crippen molar-refractivity contribution >= 4 is 23.4 Å². The van der Waals surface area contributed by atoms with E-state index in [1.54, 1.807) is 13.0 Å². The van der Waals surface area contributed by atoms with Crippen LogP contribution in [0, 0.1) is 13.8 Å². The van der Waals surface area contributed by atoms with E-state index in [1.807, 2.05) is 37.3 Å². The van der Waals surface area contributed by atoms with Crippen molar-refractivity contribution in [2.75, 3.05) is 11.5 Å². The molecule has 0 spiro atoms. The van der Waals surface area contributed by atoms with Crippen LogP contribution in [0.5, 0.6) is 0 Å². The summed E-state index contributed by atoms with van der Waals surface area (Å²) >= 11 is 1.20. The standard InChI is InChI=1S/C20H21N5O3S/c1-12-9-16(23-13(2)22-12)29-11-15(26)17-18(21)25(20(28)24(3)19(17)27)10-14-7-5-4-6-8-14/h4-9H,10-11,21H2,1-3H3. The number of nitrogens with zero attached hydrogens (tertiary/aromatic N) is 4. The number of aryl methyl sites for hydroxylation is 2. The van der Waals surface area contributed by atoms with Gasteiger partial charge in [-0.25, -0.2) is 14.8 Å². The van der Waals surface area contributed by atoms with Crippen molar-refractivity contribution in [1.29, 1.82) is 0 Å². The third-order valence-corrected chi connectivity index (χ3v) is 5.25. The smallest absolute Gasteiger partial charge is 0.332 e. The maximum absolute atomic E-state index is 12.8. The summed E-state index contributed by atoms with van der Waals surface area (Å²) in [5, 5.41) is 0.636. The van der Waals surface area contributed by atoms with E-state index in [9.17, 15) is 14.4 Å². The zero-order chi connectivity index (χ0) is 21.1. The average Bonchev–Trinajstić information content (AvgIpc) is 2.68. The van der Waals surface area contributed by atoms with Crippen LogP contribution in [0.1, 0.15) is 27.4 Å². The van der Waals surface area contributed by atoms with Crippen LogP contribution in [-0.4, -0.2) is 30.6 Å². The summed E-state index contributed by atoms with van der Waals surface area (Å²) in [4.78, 5) is 46.5. The van der Waals surface area contributed by atoms with Gasteiger partial charge in [0.2, 0.25) is 0 Å². The van der Waals surface area contributed by atoms with Crippen LogP contribution in [0.2, 0.25) is 0 Å². The molecule has 0 saturated heterocycles. The van der Waals surface area contributed by atoms with Gasteiger partial charge in [-0.1, -0.05) is 42.1 Å². The van der Waals surface area contributed by atoms with Crippen LogP contribution in [0.25, 0.3) is 0 Å². The summed E-state index contributed by atoms with van der Waals surface area (Å²) in [5.41, 5.74) is 6.29. The molecule has 1 aromatic carbocycles. The number of benzene rings is 1. The number of hydrogen-bond acceptors (Lipinski definition) is 7. The molecule has 0 aliphatic heterocycles. The molecule has 150 valence electrons. The Hall–Kier alpha value is -3.20. The van der Waals surface area contributed by atoms with Crippen molar-refractivity contribution in [1.82, 2.24) is 19.1 Å². The number of hydrogen-bond donors (Lipinski definition) is 1. The molecule has 3 rings (SSSR count). The fraction of sp³-hybridized carbons (Fsp3) is 0.250. The summed E-state index contributed by atoms with van der Waals surface area (Å²) in [6.07, 6.45) is 0. The first-order chi connectivity index (χ1) is 13.8. The molecule has 2 heterocycles. The highest BCUT2D eigenvalue weighted by Gasteiger charge is 2.22. The Bertz CT molecular complexity index is 1160. The molecule has 2 N–H and O–H groups in total. The van der Waals surface area contributed by atoms with Gasteiger partial charge >= 0.3 is 5.69 Å². The molecule has 0 fully saturated rings. The molecule has 9 heteroatoms. The van der Waals surface area contributed by atoms with E-state index in [1.165, 1.54) is 23.4 Å². The SMILES string of the molecule is Cc1cc(SCC(=O)c2c(N)n(Cc3ccccc3)c(=O)n(C)c2=O)nc(C)n1. The molecule has 0 radical (unpaired) electrons. The molecule has 0 unspecified atom stereocenters. The number of Topliss-reactive ketones (excluding diaryl/α,β-unsaturated/α-hetero) is 1. The van der Waals surface area contributed by atoms with Gasteiger partial charge in [-0.2, -0.15) is 0 Å². The minimum absolute atomic E-state index is 0.0289. The van der Waals surface area contributed by atoms with Crippen LogP contribution in [0.15, 0.2) is 51.0 Å².